The highest BCUT2D eigenvalue weighted by Gasteiger charge is 2.42. The van der Waals surface area contributed by atoms with Crippen molar-refractivity contribution in [1.82, 2.24) is 15.5 Å². The fourth-order valence-corrected chi connectivity index (χ4v) is 5.81. The van der Waals surface area contributed by atoms with Gasteiger partial charge in [-0.1, -0.05) is 30.4 Å². The van der Waals surface area contributed by atoms with Crippen LogP contribution in [0.3, 0.4) is 0 Å². The molecule has 0 atom stereocenters. The molecule has 4 rings (SSSR count). The van der Waals surface area contributed by atoms with Gasteiger partial charge in [-0.2, -0.15) is 13.2 Å². The van der Waals surface area contributed by atoms with E-state index in [0.29, 0.717) is 38.5 Å². The molecule has 0 spiro atoms. The number of carbonyl (C=O) groups excluding carboxylic acids is 2. The van der Waals surface area contributed by atoms with Gasteiger partial charge in [0.1, 0.15) is 5.60 Å². The molecule has 7 nitrogen and oxygen atoms in total. The van der Waals surface area contributed by atoms with Crippen molar-refractivity contribution in [3.63, 3.8) is 0 Å². The van der Waals surface area contributed by atoms with Crippen molar-refractivity contribution in [2.45, 2.75) is 49.5 Å². The van der Waals surface area contributed by atoms with Crippen LogP contribution in [0.25, 0.3) is 0 Å². The average Bonchev–Trinajstić information content (AvgIpc) is 2.99. The summed E-state index contributed by atoms with van der Waals surface area (Å²) in [5.74, 6) is -0.342. The molecule has 37 heavy (non-hydrogen) atoms. The van der Waals surface area contributed by atoms with E-state index in [1.54, 1.807) is 11.8 Å². The van der Waals surface area contributed by atoms with Gasteiger partial charge in [0.05, 0.1) is 29.7 Å². The second kappa shape index (κ2) is 11.8. The van der Waals surface area contributed by atoms with E-state index in [0.717, 1.165) is 41.8 Å². The molecule has 1 saturated carbocycles. The van der Waals surface area contributed by atoms with Gasteiger partial charge in [0, 0.05) is 30.4 Å². The minimum Gasteiger partial charge on any atom is -0.383 e. The van der Waals surface area contributed by atoms with Crippen LogP contribution >= 0.6 is 11.8 Å². The zero-order valence-corrected chi connectivity index (χ0v) is 21.2. The number of rotatable bonds is 6. The van der Waals surface area contributed by atoms with Gasteiger partial charge in [-0.25, -0.2) is 0 Å². The number of aliphatic hydroxyl groups is 1. The molecule has 0 bridgehead atoms. The molecule has 0 aromatic heterocycles. The number of allylic oxidation sites excluding steroid dienone is 2. The van der Waals surface area contributed by atoms with Crippen molar-refractivity contribution in [2.75, 3.05) is 31.9 Å². The minimum absolute atomic E-state index is 0.0494. The van der Waals surface area contributed by atoms with Crippen molar-refractivity contribution >= 4 is 28.6 Å². The molecule has 2 heterocycles. The molecule has 0 unspecified atom stereocenters. The lowest BCUT2D eigenvalue weighted by molar-refractivity contribution is -0.137. The van der Waals surface area contributed by atoms with Gasteiger partial charge in [-0.15, -0.1) is 11.8 Å². The molecule has 1 aromatic rings. The second-order valence-electron chi connectivity index (χ2n) is 9.56. The zero-order chi connectivity index (χ0) is 26.5. The number of nitrogens with zero attached hydrogens (tertiary/aromatic N) is 2. The number of nitrogens with one attached hydrogen (secondary N) is 2. The van der Waals surface area contributed by atoms with Crippen LogP contribution in [0.5, 0.6) is 0 Å². The van der Waals surface area contributed by atoms with Gasteiger partial charge in [-0.3, -0.25) is 19.5 Å². The highest BCUT2D eigenvalue weighted by molar-refractivity contribution is 8.14. The molecule has 0 radical (unpaired) electrons. The molecule has 11 heteroatoms. The highest BCUT2D eigenvalue weighted by atomic mass is 32.2. The Morgan fingerprint density at radius 3 is 2.62 bits per heavy atom. The van der Waals surface area contributed by atoms with Crippen LogP contribution in [0, 0.1) is 0 Å². The molecular weight excluding hydrogens is 505 g/mol. The maximum absolute atomic E-state index is 12.8. The number of halogens is 3. The number of thioether (sulfide) groups is 1. The molecule has 200 valence electrons. The van der Waals surface area contributed by atoms with E-state index in [1.807, 2.05) is 18.2 Å². The zero-order valence-electron chi connectivity index (χ0n) is 20.3. The Kier molecular flexibility index (Phi) is 8.76. The predicted molar refractivity (Wildman–Crippen MR) is 138 cm³/mol. The van der Waals surface area contributed by atoms with Gasteiger partial charge in [0.25, 0.3) is 5.91 Å². The van der Waals surface area contributed by atoms with Gasteiger partial charge >= 0.3 is 6.18 Å². The Balaban J connectivity index is 1.17. The predicted octanol–water partition coefficient (Wildman–Crippen LogP) is 3.17. The van der Waals surface area contributed by atoms with Crippen LogP contribution in [-0.4, -0.2) is 76.5 Å². The van der Waals surface area contributed by atoms with E-state index in [9.17, 15) is 27.9 Å². The molecule has 2 fully saturated rings. The molecule has 1 aliphatic carbocycles. The van der Waals surface area contributed by atoms with Gasteiger partial charge < -0.3 is 15.7 Å². The third-order valence-electron chi connectivity index (χ3n) is 6.87. The van der Waals surface area contributed by atoms with Crippen LogP contribution in [-0.2, 0) is 11.0 Å². The van der Waals surface area contributed by atoms with Crippen molar-refractivity contribution in [3.8, 4) is 0 Å². The summed E-state index contributed by atoms with van der Waals surface area (Å²) in [6.45, 7) is 1.61. The normalized spacial score (nSPS) is 27.0. The smallest absolute Gasteiger partial charge is 0.383 e. The molecule has 1 saturated heterocycles. The van der Waals surface area contributed by atoms with E-state index in [4.69, 9.17) is 0 Å². The molecule has 1 aromatic carbocycles. The molecular formula is C26H31F3N4O3S. The lowest BCUT2D eigenvalue weighted by atomic mass is 9.81. The molecule has 2 amide bonds. The summed E-state index contributed by atoms with van der Waals surface area (Å²) in [6, 6.07) is 4.37. The number of likely N-dealkylation sites (tertiary alicyclic amines) is 1. The maximum atomic E-state index is 12.8. The Labute approximate surface area is 218 Å². The van der Waals surface area contributed by atoms with E-state index in [2.05, 4.69) is 26.6 Å². The van der Waals surface area contributed by atoms with E-state index in [-0.39, 0.29) is 24.1 Å². The Bertz CT molecular complexity index is 1080. The molecule has 2 aliphatic heterocycles. The third-order valence-corrected chi connectivity index (χ3v) is 8.01. The first-order valence-corrected chi connectivity index (χ1v) is 13.3. The summed E-state index contributed by atoms with van der Waals surface area (Å²) < 4.78 is 38.5. The van der Waals surface area contributed by atoms with E-state index in [1.165, 1.54) is 6.07 Å². The fraction of sp³-hybridized carbons (Fsp3) is 0.500. The summed E-state index contributed by atoms with van der Waals surface area (Å²) in [4.78, 5) is 31.3. The maximum Gasteiger partial charge on any atom is 0.416 e. The summed E-state index contributed by atoms with van der Waals surface area (Å²) in [5, 5.41) is 17.3. The van der Waals surface area contributed by atoms with Crippen molar-refractivity contribution in [2.24, 2.45) is 4.99 Å². The monoisotopic (exact) mass is 536 g/mol. The average molecular weight is 537 g/mol. The molecule has 3 N–H and O–H groups in total. The van der Waals surface area contributed by atoms with Crippen LogP contribution in [0.2, 0.25) is 0 Å². The number of hydrogen-bond donors (Lipinski definition) is 3. The van der Waals surface area contributed by atoms with Gasteiger partial charge in [0.2, 0.25) is 5.91 Å². The van der Waals surface area contributed by atoms with Crippen LogP contribution < -0.4 is 10.6 Å². The Hall–Kier alpha value is -2.63. The van der Waals surface area contributed by atoms with E-state index >= 15 is 0 Å². The Morgan fingerprint density at radius 1 is 1.16 bits per heavy atom. The number of aliphatic imine (C=N–C) groups is 1. The van der Waals surface area contributed by atoms with Crippen molar-refractivity contribution in [3.05, 3.63) is 59.7 Å². The highest BCUT2D eigenvalue weighted by Crippen LogP contribution is 2.37. The third kappa shape index (κ3) is 7.24. The number of amides is 2. The number of benzene rings is 1. The topological polar surface area (TPSA) is 94.0 Å². The number of hydrogen-bond acceptors (Lipinski definition) is 6. The largest absolute Gasteiger partial charge is 0.416 e. The SMILES string of the molecule is O=C(CNC(=O)c1cccc(C(F)(F)F)c1)NC1CN(C2CCC(O)(C3=NC/C=C\C=C/CS3)CC2)C1. The van der Waals surface area contributed by atoms with Crippen molar-refractivity contribution < 1.29 is 27.9 Å². The lowest BCUT2D eigenvalue weighted by Gasteiger charge is -2.48. The van der Waals surface area contributed by atoms with Crippen LogP contribution in [0.1, 0.15) is 41.6 Å². The second-order valence-corrected chi connectivity index (χ2v) is 10.6. The first-order valence-electron chi connectivity index (χ1n) is 12.3. The summed E-state index contributed by atoms with van der Waals surface area (Å²) in [7, 11) is 0. The number of carbonyl (C=O) groups is 2. The minimum atomic E-state index is -4.54. The Morgan fingerprint density at radius 2 is 1.89 bits per heavy atom. The molecule has 3 aliphatic rings. The first kappa shape index (κ1) is 27.4. The quantitative estimate of drug-likeness (QED) is 0.520. The van der Waals surface area contributed by atoms with Gasteiger partial charge in [0.15, 0.2) is 0 Å². The fourth-order valence-electron chi connectivity index (χ4n) is 4.80. The van der Waals surface area contributed by atoms with Crippen LogP contribution in [0.4, 0.5) is 13.2 Å². The number of alkyl halides is 3. The van der Waals surface area contributed by atoms with Gasteiger partial charge in [-0.05, 0) is 43.9 Å². The van der Waals surface area contributed by atoms with Crippen molar-refractivity contribution in [1.29, 1.82) is 0 Å². The summed E-state index contributed by atoms with van der Waals surface area (Å²) in [5.41, 5.74) is -1.95. The van der Waals surface area contributed by atoms with E-state index < -0.39 is 23.2 Å². The first-order chi connectivity index (χ1) is 17.6. The lowest BCUT2D eigenvalue weighted by Crippen LogP contribution is -2.63. The summed E-state index contributed by atoms with van der Waals surface area (Å²) in [6.07, 6.45) is 6.43. The van der Waals surface area contributed by atoms with Crippen LogP contribution in [0.15, 0.2) is 53.6 Å². The summed E-state index contributed by atoms with van der Waals surface area (Å²) >= 11 is 1.59. The standard InChI is InChI=1S/C26H31F3N4O3S/c27-26(28,29)19-7-5-6-18(14-19)23(35)31-15-22(34)32-20-16-33(17-20)21-8-10-25(36,11-9-21)24-30-12-3-1-2-4-13-37-24/h1-7,14,20-21,36H,8-13,15-17H2,(H,31,35)(H,32,34)/b3-1-,4-2-,30-24?.